The normalized spacial score (nSPS) is 22.0. The number of benzene rings is 1. The molecule has 0 radical (unpaired) electrons. The van der Waals surface area contributed by atoms with E-state index in [2.05, 4.69) is 11.9 Å². The fourth-order valence-corrected chi connectivity index (χ4v) is 4.14. The molecular formula is C19H22Cl2N2O. The number of pyridine rings is 1. The third-order valence-electron chi connectivity index (χ3n) is 5.11. The van der Waals surface area contributed by atoms with E-state index in [1.54, 1.807) is 12.3 Å². The first-order chi connectivity index (χ1) is 11.6. The van der Waals surface area contributed by atoms with Crippen molar-refractivity contribution >= 4 is 40.1 Å². The lowest BCUT2D eigenvalue weighted by molar-refractivity contribution is 0.0954. The second-order valence-corrected chi connectivity index (χ2v) is 7.48. The molecule has 1 saturated heterocycles. The monoisotopic (exact) mass is 364 g/mol. The minimum atomic E-state index is 0.188. The van der Waals surface area contributed by atoms with Crippen molar-refractivity contribution < 1.29 is 4.79 Å². The minimum Gasteiger partial charge on any atom is -0.294 e. The second kappa shape index (κ2) is 7.81. The number of piperidine rings is 1. The van der Waals surface area contributed by atoms with E-state index in [-0.39, 0.29) is 5.78 Å². The molecule has 3 nitrogen and oxygen atoms in total. The molecule has 0 amide bonds. The molecule has 2 unspecified atom stereocenters. The van der Waals surface area contributed by atoms with E-state index in [9.17, 15) is 4.79 Å². The number of hydrogen-bond donors (Lipinski definition) is 0. The lowest BCUT2D eigenvalue weighted by Crippen LogP contribution is -2.35. The summed E-state index contributed by atoms with van der Waals surface area (Å²) in [6.07, 6.45) is 5.37. The van der Waals surface area contributed by atoms with Crippen LogP contribution in [0.1, 0.15) is 43.0 Å². The molecule has 0 bridgehead atoms. The Kier molecular flexibility index (Phi) is 5.75. The Morgan fingerprint density at radius 1 is 1.33 bits per heavy atom. The average Bonchev–Trinajstić information content (AvgIpc) is 2.59. The van der Waals surface area contributed by atoms with Crippen LogP contribution in [-0.4, -0.2) is 28.3 Å². The number of carbonyl (C=O) groups excluding carboxylic acids is 1. The number of aromatic nitrogens is 1. The number of halogens is 2. The van der Waals surface area contributed by atoms with Gasteiger partial charge in [0.2, 0.25) is 0 Å². The number of hydrogen-bond acceptors (Lipinski definition) is 3. The van der Waals surface area contributed by atoms with Crippen molar-refractivity contribution in [2.45, 2.75) is 32.6 Å². The average molecular weight is 365 g/mol. The predicted octanol–water partition coefficient (Wildman–Crippen LogP) is 5.35. The van der Waals surface area contributed by atoms with Gasteiger partial charge in [0.25, 0.3) is 0 Å². The zero-order chi connectivity index (χ0) is 17.1. The van der Waals surface area contributed by atoms with Crippen LogP contribution in [0.2, 0.25) is 5.02 Å². The Bertz CT molecular complexity index is 734. The summed E-state index contributed by atoms with van der Waals surface area (Å²) in [5.41, 5.74) is 1.52. The van der Waals surface area contributed by atoms with Crippen LogP contribution in [0, 0.1) is 11.8 Å². The smallest absolute Gasteiger partial charge is 0.163 e. The molecular weight excluding hydrogens is 343 g/mol. The lowest BCUT2D eigenvalue weighted by Gasteiger charge is -2.34. The molecule has 0 saturated carbocycles. The maximum absolute atomic E-state index is 12.7. The van der Waals surface area contributed by atoms with Gasteiger partial charge in [0, 0.05) is 41.7 Å². The summed E-state index contributed by atoms with van der Waals surface area (Å²) in [6, 6.07) is 7.32. The molecule has 2 aromatic rings. The van der Waals surface area contributed by atoms with Gasteiger partial charge in [0.15, 0.2) is 5.78 Å². The van der Waals surface area contributed by atoms with E-state index < -0.39 is 0 Å². The molecule has 1 aliphatic heterocycles. The van der Waals surface area contributed by atoms with E-state index in [4.69, 9.17) is 23.4 Å². The maximum Gasteiger partial charge on any atom is 0.163 e. The Morgan fingerprint density at radius 3 is 2.96 bits per heavy atom. The standard InChI is InChI=1S/C19H22Cl2N2O/c1-2-13-12-23(21)10-8-14(13)3-6-19(24)17-7-9-22-18-11-15(20)4-5-16(17)18/h4-5,7,9,11,13-14H,2-3,6,8,10,12H2,1H3. The van der Waals surface area contributed by atoms with Crippen LogP contribution in [0.3, 0.4) is 0 Å². The fourth-order valence-electron chi connectivity index (χ4n) is 3.69. The molecule has 5 heteroatoms. The highest BCUT2D eigenvalue weighted by atomic mass is 35.5. The molecule has 1 aromatic carbocycles. The molecule has 0 spiro atoms. The predicted molar refractivity (Wildman–Crippen MR) is 99.6 cm³/mol. The van der Waals surface area contributed by atoms with Crippen LogP contribution in [-0.2, 0) is 0 Å². The summed E-state index contributed by atoms with van der Waals surface area (Å²) in [7, 11) is 0. The van der Waals surface area contributed by atoms with Gasteiger partial charge < -0.3 is 0 Å². The molecule has 0 N–H and O–H groups in total. The van der Waals surface area contributed by atoms with Gasteiger partial charge in [0.05, 0.1) is 5.52 Å². The molecule has 1 aromatic heterocycles. The van der Waals surface area contributed by atoms with Crippen molar-refractivity contribution in [1.82, 2.24) is 9.40 Å². The molecule has 128 valence electrons. The molecule has 3 rings (SSSR count). The minimum absolute atomic E-state index is 0.188. The molecule has 2 heterocycles. The Morgan fingerprint density at radius 2 is 2.17 bits per heavy atom. The first kappa shape index (κ1) is 17.7. The highest BCUT2D eigenvalue weighted by Gasteiger charge is 2.27. The van der Waals surface area contributed by atoms with Gasteiger partial charge >= 0.3 is 0 Å². The number of fused-ring (bicyclic) bond motifs is 1. The lowest BCUT2D eigenvalue weighted by atomic mass is 9.81. The third-order valence-corrected chi connectivity index (χ3v) is 5.66. The number of Topliss-reactive ketones (excluding diaryl/α,β-unsaturated/α-hetero) is 1. The summed E-state index contributed by atoms with van der Waals surface area (Å²) in [4.78, 5) is 17.1. The van der Waals surface area contributed by atoms with Crippen LogP contribution < -0.4 is 0 Å². The zero-order valence-electron chi connectivity index (χ0n) is 13.8. The van der Waals surface area contributed by atoms with Crippen molar-refractivity contribution in [2.24, 2.45) is 11.8 Å². The van der Waals surface area contributed by atoms with E-state index in [0.717, 1.165) is 48.8 Å². The molecule has 1 fully saturated rings. The van der Waals surface area contributed by atoms with Crippen LogP contribution >= 0.6 is 23.4 Å². The second-order valence-electron chi connectivity index (χ2n) is 6.57. The van der Waals surface area contributed by atoms with E-state index in [1.807, 2.05) is 22.6 Å². The first-order valence-electron chi connectivity index (χ1n) is 8.56. The highest BCUT2D eigenvalue weighted by molar-refractivity contribution is 6.31. The van der Waals surface area contributed by atoms with Crippen molar-refractivity contribution in [2.75, 3.05) is 13.1 Å². The quantitative estimate of drug-likeness (QED) is 0.529. The molecule has 2 atom stereocenters. The summed E-state index contributed by atoms with van der Waals surface area (Å²) in [5.74, 6) is 1.35. The zero-order valence-corrected chi connectivity index (χ0v) is 15.4. The fraction of sp³-hybridized carbons (Fsp3) is 0.474. The van der Waals surface area contributed by atoms with Crippen molar-refractivity contribution in [3.05, 3.63) is 41.0 Å². The van der Waals surface area contributed by atoms with Crippen molar-refractivity contribution in [3.63, 3.8) is 0 Å². The molecule has 0 aliphatic carbocycles. The topological polar surface area (TPSA) is 33.2 Å². The summed E-state index contributed by atoms with van der Waals surface area (Å²) < 4.78 is 1.88. The molecule has 1 aliphatic rings. The summed E-state index contributed by atoms with van der Waals surface area (Å²) in [5, 5.41) is 1.52. The van der Waals surface area contributed by atoms with Crippen molar-refractivity contribution in [3.8, 4) is 0 Å². The Labute approximate surface area is 153 Å². The summed E-state index contributed by atoms with van der Waals surface area (Å²) in [6.45, 7) is 4.04. The summed E-state index contributed by atoms with van der Waals surface area (Å²) >= 11 is 12.2. The number of rotatable bonds is 5. The third kappa shape index (κ3) is 3.90. The largest absolute Gasteiger partial charge is 0.294 e. The van der Waals surface area contributed by atoms with Crippen LogP contribution in [0.5, 0.6) is 0 Å². The van der Waals surface area contributed by atoms with E-state index in [1.165, 1.54) is 0 Å². The Balaban J connectivity index is 1.71. The number of ketones is 1. The van der Waals surface area contributed by atoms with Crippen LogP contribution in [0.15, 0.2) is 30.5 Å². The number of nitrogens with zero attached hydrogens (tertiary/aromatic N) is 2. The van der Waals surface area contributed by atoms with Crippen LogP contribution in [0.25, 0.3) is 10.9 Å². The van der Waals surface area contributed by atoms with Gasteiger partial charge in [-0.15, -0.1) is 0 Å². The van der Waals surface area contributed by atoms with Gasteiger partial charge in [-0.25, -0.2) is 4.42 Å². The maximum atomic E-state index is 12.7. The Hall–Kier alpha value is -1.16. The SMILES string of the molecule is CCC1CN(Cl)CCC1CCC(=O)c1ccnc2cc(Cl)ccc12. The van der Waals surface area contributed by atoms with Gasteiger partial charge in [-0.05, 0) is 54.7 Å². The molecule has 24 heavy (non-hydrogen) atoms. The van der Waals surface area contributed by atoms with Crippen LogP contribution in [0.4, 0.5) is 0 Å². The van der Waals surface area contributed by atoms with Gasteiger partial charge in [-0.1, -0.05) is 31.0 Å². The van der Waals surface area contributed by atoms with Gasteiger partial charge in [-0.2, -0.15) is 0 Å². The van der Waals surface area contributed by atoms with E-state index in [0.29, 0.717) is 23.3 Å². The van der Waals surface area contributed by atoms with Gasteiger partial charge in [0.1, 0.15) is 0 Å². The van der Waals surface area contributed by atoms with E-state index >= 15 is 0 Å². The van der Waals surface area contributed by atoms with Gasteiger partial charge in [-0.3, -0.25) is 9.78 Å². The first-order valence-corrected chi connectivity index (χ1v) is 9.28. The highest BCUT2D eigenvalue weighted by Crippen LogP contribution is 2.31. The number of carbonyl (C=O) groups is 1. The van der Waals surface area contributed by atoms with Crippen molar-refractivity contribution in [1.29, 1.82) is 0 Å².